The van der Waals surface area contributed by atoms with Crippen LogP contribution < -0.4 is 10.1 Å². The Morgan fingerprint density at radius 2 is 2.07 bits per heavy atom. The summed E-state index contributed by atoms with van der Waals surface area (Å²) in [5.74, 6) is 0.558. The van der Waals surface area contributed by atoms with Crippen LogP contribution in [0.1, 0.15) is 26.5 Å². The van der Waals surface area contributed by atoms with Crippen molar-refractivity contribution in [1.82, 2.24) is 19.6 Å². The molecule has 0 saturated carbocycles. The summed E-state index contributed by atoms with van der Waals surface area (Å²) in [6.45, 7) is 2.95. The third kappa shape index (κ3) is 4.90. The highest BCUT2D eigenvalue weighted by molar-refractivity contribution is 7.12. The number of thiophene rings is 1. The quantitative estimate of drug-likeness (QED) is 0.457. The highest BCUT2D eigenvalue weighted by atomic mass is 35.5. The van der Waals surface area contributed by atoms with Crippen LogP contribution in [-0.2, 0) is 20.2 Å². The van der Waals surface area contributed by atoms with Crippen LogP contribution >= 0.6 is 22.9 Å². The molecule has 3 heterocycles. The number of nitrogens with one attached hydrogen (secondary N) is 1. The number of rotatable bonds is 7. The standard InChI is InChI=1S/C21H20ClN5O2S/c1-14-16(9-26(2)25-14)10-27-11-18(8-23-27)24-21(28)20-7-15(13-30-20)12-29-19-5-3-17(22)4-6-19/h3-9,11,13H,10,12H2,1-2H3,(H,24,28). The van der Waals surface area contributed by atoms with Crippen LogP contribution in [0.25, 0.3) is 0 Å². The Morgan fingerprint density at radius 3 is 2.80 bits per heavy atom. The molecule has 4 aromatic rings. The highest BCUT2D eigenvalue weighted by Crippen LogP contribution is 2.21. The van der Waals surface area contributed by atoms with Gasteiger partial charge in [-0.2, -0.15) is 10.2 Å². The largest absolute Gasteiger partial charge is 0.489 e. The minimum Gasteiger partial charge on any atom is -0.489 e. The number of benzene rings is 1. The predicted molar refractivity (Wildman–Crippen MR) is 117 cm³/mol. The predicted octanol–water partition coefficient (Wildman–Crippen LogP) is 4.52. The minimum absolute atomic E-state index is 0.171. The summed E-state index contributed by atoms with van der Waals surface area (Å²) >= 11 is 7.25. The number of aromatic nitrogens is 4. The zero-order chi connectivity index (χ0) is 21.1. The van der Waals surface area contributed by atoms with Gasteiger partial charge in [-0.3, -0.25) is 14.2 Å². The lowest BCUT2D eigenvalue weighted by molar-refractivity contribution is 0.103. The number of nitrogens with zero attached hydrogens (tertiary/aromatic N) is 4. The zero-order valence-corrected chi connectivity index (χ0v) is 18.1. The molecule has 0 atom stereocenters. The van der Waals surface area contributed by atoms with Gasteiger partial charge in [0, 0.05) is 35.6 Å². The van der Waals surface area contributed by atoms with Gasteiger partial charge in [-0.05, 0) is 42.6 Å². The maximum atomic E-state index is 12.6. The third-order valence-electron chi connectivity index (χ3n) is 4.44. The Hall–Kier alpha value is -3.10. The fourth-order valence-electron chi connectivity index (χ4n) is 2.95. The van der Waals surface area contributed by atoms with Crippen LogP contribution in [0.3, 0.4) is 0 Å². The smallest absolute Gasteiger partial charge is 0.265 e. The van der Waals surface area contributed by atoms with Crippen molar-refractivity contribution >= 4 is 34.5 Å². The molecule has 0 aliphatic rings. The van der Waals surface area contributed by atoms with E-state index in [1.807, 2.05) is 49.9 Å². The van der Waals surface area contributed by atoms with Crippen molar-refractivity contribution in [3.63, 3.8) is 0 Å². The molecule has 0 aliphatic carbocycles. The van der Waals surface area contributed by atoms with Gasteiger partial charge in [-0.1, -0.05) is 11.6 Å². The van der Waals surface area contributed by atoms with Crippen molar-refractivity contribution in [1.29, 1.82) is 0 Å². The summed E-state index contributed by atoms with van der Waals surface area (Å²) in [5, 5.41) is 14.1. The van der Waals surface area contributed by atoms with Gasteiger partial charge in [0.15, 0.2) is 0 Å². The second-order valence-electron chi connectivity index (χ2n) is 6.86. The Balaban J connectivity index is 1.33. The molecule has 0 bridgehead atoms. The zero-order valence-electron chi connectivity index (χ0n) is 16.5. The average molecular weight is 442 g/mol. The van der Waals surface area contributed by atoms with Gasteiger partial charge in [-0.15, -0.1) is 11.3 Å². The molecule has 0 saturated heterocycles. The number of carbonyl (C=O) groups excluding carboxylic acids is 1. The number of anilines is 1. The van der Waals surface area contributed by atoms with E-state index in [0.29, 0.717) is 28.7 Å². The van der Waals surface area contributed by atoms with Gasteiger partial charge < -0.3 is 10.1 Å². The van der Waals surface area contributed by atoms with Crippen LogP contribution in [0, 0.1) is 6.92 Å². The van der Waals surface area contributed by atoms with Crippen molar-refractivity contribution in [2.45, 2.75) is 20.1 Å². The first kappa shape index (κ1) is 20.2. The molecule has 7 nitrogen and oxygen atoms in total. The summed E-state index contributed by atoms with van der Waals surface area (Å²) in [6, 6.07) is 9.01. The second-order valence-corrected chi connectivity index (χ2v) is 8.20. The Bertz CT molecular complexity index is 1160. The number of aryl methyl sites for hydroxylation is 2. The van der Waals surface area contributed by atoms with Gasteiger partial charge in [0.1, 0.15) is 12.4 Å². The molecule has 0 fully saturated rings. The van der Waals surface area contributed by atoms with Crippen LogP contribution in [0.5, 0.6) is 5.75 Å². The van der Waals surface area contributed by atoms with Crippen molar-refractivity contribution in [3.05, 3.63) is 81.0 Å². The van der Waals surface area contributed by atoms with Crippen LogP contribution in [-0.4, -0.2) is 25.5 Å². The van der Waals surface area contributed by atoms with E-state index in [9.17, 15) is 4.79 Å². The van der Waals surface area contributed by atoms with E-state index in [1.165, 1.54) is 11.3 Å². The van der Waals surface area contributed by atoms with Crippen LogP contribution in [0.15, 0.2) is 54.3 Å². The SMILES string of the molecule is Cc1nn(C)cc1Cn1cc(NC(=O)c2cc(COc3ccc(Cl)cc3)cs2)cn1. The van der Waals surface area contributed by atoms with Gasteiger partial charge in [0.05, 0.1) is 29.0 Å². The lowest BCUT2D eigenvalue weighted by Crippen LogP contribution is -2.09. The Kier molecular flexibility index (Phi) is 5.87. The average Bonchev–Trinajstić information content (AvgIpc) is 3.43. The summed E-state index contributed by atoms with van der Waals surface area (Å²) < 4.78 is 9.28. The van der Waals surface area contributed by atoms with Crippen molar-refractivity contribution < 1.29 is 9.53 Å². The van der Waals surface area contributed by atoms with Gasteiger partial charge in [-0.25, -0.2) is 0 Å². The number of amides is 1. The summed E-state index contributed by atoms with van der Waals surface area (Å²) in [6.07, 6.45) is 5.42. The topological polar surface area (TPSA) is 74.0 Å². The first-order chi connectivity index (χ1) is 14.5. The molecule has 1 aromatic carbocycles. The number of carbonyl (C=O) groups is 1. The lowest BCUT2D eigenvalue weighted by atomic mass is 10.3. The van der Waals surface area contributed by atoms with E-state index in [0.717, 1.165) is 22.6 Å². The first-order valence-electron chi connectivity index (χ1n) is 9.25. The third-order valence-corrected chi connectivity index (χ3v) is 5.67. The molecule has 9 heteroatoms. The lowest BCUT2D eigenvalue weighted by Gasteiger charge is -2.04. The molecule has 1 amide bonds. The summed E-state index contributed by atoms with van der Waals surface area (Å²) in [7, 11) is 1.89. The number of hydrogen-bond donors (Lipinski definition) is 1. The highest BCUT2D eigenvalue weighted by Gasteiger charge is 2.12. The van der Waals surface area contributed by atoms with Gasteiger partial charge >= 0.3 is 0 Å². The number of hydrogen-bond acceptors (Lipinski definition) is 5. The van der Waals surface area contributed by atoms with E-state index in [1.54, 1.807) is 27.7 Å². The maximum Gasteiger partial charge on any atom is 0.265 e. The summed E-state index contributed by atoms with van der Waals surface area (Å²) in [5.41, 5.74) is 3.63. The molecule has 0 aliphatic heterocycles. The van der Waals surface area contributed by atoms with Crippen molar-refractivity contribution in [2.75, 3.05) is 5.32 Å². The fraction of sp³-hybridized carbons (Fsp3) is 0.190. The number of ether oxygens (including phenoxy) is 1. The van der Waals surface area contributed by atoms with Gasteiger partial charge in [0.25, 0.3) is 5.91 Å². The van der Waals surface area contributed by atoms with Crippen molar-refractivity contribution in [3.8, 4) is 5.75 Å². The Labute approximate surface area is 182 Å². The fourth-order valence-corrected chi connectivity index (χ4v) is 3.87. The molecule has 3 aromatic heterocycles. The molecule has 0 radical (unpaired) electrons. The van der Waals surface area contributed by atoms with E-state index in [4.69, 9.17) is 16.3 Å². The molecule has 0 spiro atoms. The Morgan fingerprint density at radius 1 is 1.27 bits per heavy atom. The summed E-state index contributed by atoms with van der Waals surface area (Å²) in [4.78, 5) is 13.2. The second kappa shape index (κ2) is 8.73. The monoisotopic (exact) mass is 441 g/mol. The van der Waals surface area contributed by atoms with E-state index in [2.05, 4.69) is 15.5 Å². The van der Waals surface area contributed by atoms with E-state index in [-0.39, 0.29) is 5.91 Å². The van der Waals surface area contributed by atoms with Crippen molar-refractivity contribution in [2.24, 2.45) is 7.05 Å². The molecular weight excluding hydrogens is 422 g/mol. The molecular formula is C21H20ClN5O2S. The van der Waals surface area contributed by atoms with E-state index >= 15 is 0 Å². The first-order valence-corrected chi connectivity index (χ1v) is 10.5. The molecule has 4 rings (SSSR count). The molecule has 0 unspecified atom stereocenters. The van der Waals surface area contributed by atoms with Crippen LogP contribution in [0.4, 0.5) is 5.69 Å². The molecule has 154 valence electrons. The van der Waals surface area contributed by atoms with E-state index < -0.39 is 0 Å². The molecule has 1 N–H and O–H groups in total. The van der Waals surface area contributed by atoms with Gasteiger partial charge in [0.2, 0.25) is 0 Å². The number of halogens is 1. The molecule has 30 heavy (non-hydrogen) atoms. The van der Waals surface area contributed by atoms with Crippen LogP contribution in [0.2, 0.25) is 5.02 Å². The maximum absolute atomic E-state index is 12.6. The minimum atomic E-state index is -0.171. The normalized spacial score (nSPS) is 10.9.